The lowest BCUT2D eigenvalue weighted by molar-refractivity contribution is -0.162. The Morgan fingerprint density at radius 2 is 2.25 bits per heavy atom. The third-order valence-corrected chi connectivity index (χ3v) is 3.83. The number of ketones is 1. The molecule has 0 radical (unpaired) electrons. The minimum Gasteiger partial charge on any atom is -0.353 e. The maximum Gasteiger partial charge on any atom is 0.159 e. The number of rotatable bonds is 8. The van der Waals surface area contributed by atoms with Gasteiger partial charge in [0.15, 0.2) is 12.1 Å². The SMILES string of the molecule is O=C1CCC=C1C/C=C\CCCCOC1CCCCO1. The molecule has 0 N–H and O–H groups in total. The largest absolute Gasteiger partial charge is 0.353 e. The van der Waals surface area contributed by atoms with Gasteiger partial charge >= 0.3 is 0 Å². The minimum atomic E-state index is 0.0413. The maximum atomic E-state index is 11.4. The molecule has 3 nitrogen and oxygen atoms in total. The van der Waals surface area contributed by atoms with Gasteiger partial charge in [-0.1, -0.05) is 18.2 Å². The maximum absolute atomic E-state index is 11.4. The normalized spacial score (nSPS) is 23.5. The standard InChI is InChI=1S/C17H26O3/c18-16-11-8-10-15(16)9-4-2-1-3-6-13-19-17-12-5-7-14-20-17/h2,4,10,17H,1,3,5-9,11-14H2/b4-2-. The zero-order valence-corrected chi connectivity index (χ0v) is 12.3. The molecule has 2 aliphatic rings. The Kier molecular flexibility index (Phi) is 7.02. The second kappa shape index (κ2) is 9.09. The molecule has 0 aromatic rings. The minimum absolute atomic E-state index is 0.0413. The van der Waals surface area contributed by atoms with Crippen LogP contribution in [0, 0.1) is 0 Å². The van der Waals surface area contributed by atoms with Crippen LogP contribution in [0.4, 0.5) is 0 Å². The van der Waals surface area contributed by atoms with Crippen molar-refractivity contribution in [2.24, 2.45) is 0 Å². The van der Waals surface area contributed by atoms with Crippen LogP contribution in [0.1, 0.15) is 57.8 Å². The van der Waals surface area contributed by atoms with E-state index in [4.69, 9.17) is 9.47 Å². The molecule has 1 aliphatic carbocycles. The summed E-state index contributed by atoms with van der Waals surface area (Å²) in [4.78, 5) is 11.4. The van der Waals surface area contributed by atoms with E-state index in [2.05, 4.69) is 18.2 Å². The molecule has 1 atom stereocenters. The summed E-state index contributed by atoms with van der Waals surface area (Å²) >= 11 is 0. The van der Waals surface area contributed by atoms with E-state index >= 15 is 0 Å². The molecular weight excluding hydrogens is 252 g/mol. The van der Waals surface area contributed by atoms with Crippen LogP contribution in [0.3, 0.4) is 0 Å². The lowest BCUT2D eigenvalue weighted by Gasteiger charge is -2.22. The molecule has 1 unspecified atom stereocenters. The fourth-order valence-corrected chi connectivity index (χ4v) is 2.60. The highest BCUT2D eigenvalue weighted by atomic mass is 16.7. The second-order valence-corrected chi connectivity index (χ2v) is 5.53. The first kappa shape index (κ1) is 15.5. The average Bonchev–Trinajstić information content (AvgIpc) is 2.88. The van der Waals surface area contributed by atoms with Crippen LogP contribution in [-0.2, 0) is 14.3 Å². The molecule has 0 saturated carbocycles. The third-order valence-electron chi connectivity index (χ3n) is 3.83. The van der Waals surface area contributed by atoms with Crippen molar-refractivity contribution in [1.29, 1.82) is 0 Å². The van der Waals surface area contributed by atoms with Gasteiger partial charge in [0, 0.05) is 19.6 Å². The molecule has 20 heavy (non-hydrogen) atoms. The molecule has 1 saturated heterocycles. The Balaban J connectivity index is 1.44. The molecule has 112 valence electrons. The Hall–Kier alpha value is -0.930. The summed E-state index contributed by atoms with van der Waals surface area (Å²) < 4.78 is 11.2. The molecule has 0 bridgehead atoms. The Morgan fingerprint density at radius 3 is 3.00 bits per heavy atom. The molecule has 0 amide bonds. The quantitative estimate of drug-likeness (QED) is 0.498. The molecule has 0 aromatic heterocycles. The van der Waals surface area contributed by atoms with Gasteiger partial charge in [-0.05, 0) is 56.9 Å². The average molecular weight is 278 g/mol. The van der Waals surface area contributed by atoms with Crippen molar-refractivity contribution < 1.29 is 14.3 Å². The topological polar surface area (TPSA) is 35.5 Å². The molecule has 0 aromatic carbocycles. The highest BCUT2D eigenvalue weighted by Crippen LogP contribution is 2.17. The van der Waals surface area contributed by atoms with Gasteiger partial charge in [-0.25, -0.2) is 0 Å². The van der Waals surface area contributed by atoms with E-state index in [1.807, 2.05) is 0 Å². The number of carbonyl (C=O) groups is 1. The number of Topliss-reactive ketones (excluding diaryl/α,β-unsaturated/α-hetero) is 1. The predicted molar refractivity (Wildman–Crippen MR) is 79.5 cm³/mol. The van der Waals surface area contributed by atoms with Gasteiger partial charge < -0.3 is 9.47 Å². The van der Waals surface area contributed by atoms with Crippen molar-refractivity contribution in [2.45, 2.75) is 64.1 Å². The predicted octanol–water partition coefficient (Wildman–Crippen LogP) is 3.94. The van der Waals surface area contributed by atoms with Crippen LogP contribution in [0.5, 0.6) is 0 Å². The van der Waals surface area contributed by atoms with E-state index in [9.17, 15) is 4.79 Å². The first-order chi connectivity index (χ1) is 9.86. The number of carbonyl (C=O) groups excluding carboxylic acids is 1. The Labute approximate surface area is 122 Å². The highest BCUT2D eigenvalue weighted by molar-refractivity contribution is 5.97. The highest BCUT2D eigenvalue weighted by Gasteiger charge is 2.13. The zero-order valence-electron chi connectivity index (χ0n) is 12.3. The van der Waals surface area contributed by atoms with Gasteiger partial charge in [0.2, 0.25) is 0 Å². The van der Waals surface area contributed by atoms with Crippen LogP contribution >= 0.6 is 0 Å². The molecular formula is C17H26O3. The van der Waals surface area contributed by atoms with Crippen molar-refractivity contribution in [2.75, 3.05) is 13.2 Å². The van der Waals surface area contributed by atoms with Gasteiger partial charge in [-0.2, -0.15) is 0 Å². The van der Waals surface area contributed by atoms with Gasteiger partial charge in [0.25, 0.3) is 0 Å². The van der Waals surface area contributed by atoms with Gasteiger partial charge in [0.05, 0.1) is 0 Å². The number of unbranched alkanes of at least 4 members (excludes halogenated alkanes) is 2. The summed E-state index contributed by atoms with van der Waals surface area (Å²) in [6.45, 7) is 1.64. The van der Waals surface area contributed by atoms with Crippen molar-refractivity contribution in [3.05, 3.63) is 23.8 Å². The second-order valence-electron chi connectivity index (χ2n) is 5.53. The summed E-state index contributed by atoms with van der Waals surface area (Å²) in [5, 5.41) is 0. The van der Waals surface area contributed by atoms with E-state index in [1.165, 1.54) is 12.8 Å². The van der Waals surface area contributed by atoms with Gasteiger partial charge in [-0.3, -0.25) is 4.79 Å². The Morgan fingerprint density at radius 1 is 1.30 bits per heavy atom. The van der Waals surface area contributed by atoms with Crippen LogP contribution in [0.2, 0.25) is 0 Å². The molecule has 1 aliphatic heterocycles. The number of allylic oxidation sites excluding steroid dienone is 4. The van der Waals surface area contributed by atoms with E-state index in [-0.39, 0.29) is 6.29 Å². The summed E-state index contributed by atoms with van der Waals surface area (Å²) in [6.07, 6.45) is 15.6. The molecule has 2 rings (SSSR count). The van der Waals surface area contributed by atoms with Crippen molar-refractivity contribution in [3.63, 3.8) is 0 Å². The first-order valence-electron chi connectivity index (χ1n) is 7.96. The number of hydrogen-bond donors (Lipinski definition) is 0. The van der Waals surface area contributed by atoms with E-state index < -0.39 is 0 Å². The van der Waals surface area contributed by atoms with E-state index in [0.717, 1.165) is 57.3 Å². The fraction of sp³-hybridized carbons (Fsp3) is 0.706. The van der Waals surface area contributed by atoms with Gasteiger partial charge in [0.1, 0.15) is 0 Å². The van der Waals surface area contributed by atoms with E-state index in [1.54, 1.807) is 0 Å². The van der Waals surface area contributed by atoms with Gasteiger partial charge in [-0.15, -0.1) is 0 Å². The number of hydrogen-bond acceptors (Lipinski definition) is 3. The monoisotopic (exact) mass is 278 g/mol. The van der Waals surface area contributed by atoms with Crippen molar-refractivity contribution in [1.82, 2.24) is 0 Å². The fourth-order valence-electron chi connectivity index (χ4n) is 2.60. The summed E-state index contributed by atoms with van der Waals surface area (Å²) in [7, 11) is 0. The molecule has 3 heteroatoms. The Bertz CT molecular complexity index is 351. The van der Waals surface area contributed by atoms with Crippen molar-refractivity contribution >= 4 is 5.78 Å². The summed E-state index contributed by atoms with van der Waals surface area (Å²) in [6, 6.07) is 0. The smallest absolute Gasteiger partial charge is 0.159 e. The molecule has 1 heterocycles. The molecule has 0 spiro atoms. The first-order valence-corrected chi connectivity index (χ1v) is 7.96. The zero-order chi connectivity index (χ0) is 14.0. The lowest BCUT2D eigenvalue weighted by atomic mass is 10.1. The number of ether oxygens (including phenoxy) is 2. The molecule has 1 fully saturated rings. The van der Waals surface area contributed by atoms with Crippen LogP contribution in [0.25, 0.3) is 0 Å². The van der Waals surface area contributed by atoms with Crippen LogP contribution < -0.4 is 0 Å². The van der Waals surface area contributed by atoms with E-state index in [0.29, 0.717) is 12.2 Å². The van der Waals surface area contributed by atoms with Crippen LogP contribution in [0.15, 0.2) is 23.8 Å². The van der Waals surface area contributed by atoms with Crippen LogP contribution in [-0.4, -0.2) is 25.3 Å². The summed E-state index contributed by atoms with van der Waals surface area (Å²) in [5.41, 5.74) is 0.999. The van der Waals surface area contributed by atoms with Crippen molar-refractivity contribution in [3.8, 4) is 0 Å². The third kappa shape index (κ3) is 5.59. The lowest BCUT2D eigenvalue weighted by Crippen LogP contribution is -2.22. The summed E-state index contributed by atoms with van der Waals surface area (Å²) in [5.74, 6) is 0.329.